The summed E-state index contributed by atoms with van der Waals surface area (Å²) in [5.41, 5.74) is 3.56. The van der Waals surface area contributed by atoms with E-state index in [2.05, 4.69) is 52.0 Å². The van der Waals surface area contributed by atoms with E-state index in [-0.39, 0.29) is 24.0 Å². The lowest BCUT2D eigenvalue weighted by atomic mass is 10.1. The average Bonchev–Trinajstić information content (AvgIpc) is 2.66. The Bertz CT molecular complexity index is 633. The van der Waals surface area contributed by atoms with Gasteiger partial charge in [0.05, 0.1) is 19.8 Å². The summed E-state index contributed by atoms with van der Waals surface area (Å²) in [6.45, 7) is 3.35. The normalized spacial score (nSPS) is 10.9. The number of guanidine groups is 1. The average molecular weight is 469 g/mol. The number of methoxy groups -OCH3 is 1. The fourth-order valence-electron chi connectivity index (χ4n) is 2.29. The van der Waals surface area contributed by atoms with E-state index in [0.29, 0.717) is 19.8 Å². The molecule has 2 aromatic rings. The molecule has 0 fully saturated rings. The lowest BCUT2D eigenvalue weighted by Gasteiger charge is -2.12. The van der Waals surface area contributed by atoms with Crippen LogP contribution >= 0.6 is 24.0 Å². The van der Waals surface area contributed by atoms with Gasteiger partial charge in [0.2, 0.25) is 0 Å². The maximum absolute atomic E-state index is 5.76. The maximum Gasteiger partial charge on any atom is 0.191 e. The topological polar surface area (TPSA) is 54.9 Å². The van der Waals surface area contributed by atoms with E-state index in [1.807, 2.05) is 18.2 Å². The molecule has 0 aliphatic heterocycles. The van der Waals surface area contributed by atoms with E-state index in [1.54, 1.807) is 14.2 Å². The second-order valence-corrected chi connectivity index (χ2v) is 5.64. The highest BCUT2D eigenvalue weighted by molar-refractivity contribution is 14.0. The maximum atomic E-state index is 5.76. The summed E-state index contributed by atoms with van der Waals surface area (Å²) < 4.78 is 10.8. The van der Waals surface area contributed by atoms with Gasteiger partial charge in [0, 0.05) is 27.2 Å². The molecule has 0 radical (unpaired) electrons. The lowest BCUT2D eigenvalue weighted by molar-refractivity contribution is 0.107. The summed E-state index contributed by atoms with van der Waals surface area (Å²) in [6, 6.07) is 18.6. The monoisotopic (exact) mass is 469 g/mol. The Labute approximate surface area is 173 Å². The van der Waals surface area contributed by atoms with Crippen molar-refractivity contribution in [2.24, 2.45) is 4.99 Å². The van der Waals surface area contributed by atoms with Crippen LogP contribution in [0.25, 0.3) is 0 Å². The standard InChI is InChI=1S/C20H27N3O2.HI/c1-21-20(22-12-13-24-2)23-14-17-8-10-19(11-9-17)16-25-15-18-6-4-3-5-7-18;/h3-11H,12-16H2,1-2H3,(H2,21,22,23);1H. The van der Waals surface area contributed by atoms with Crippen molar-refractivity contribution in [3.63, 3.8) is 0 Å². The Morgan fingerprint density at radius 3 is 2.12 bits per heavy atom. The van der Waals surface area contributed by atoms with E-state index in [4.69, 9.17) is 9.47 Å². The molecule has 2 aromatic carbocycles. The predicted octanol–water partition coefficient (Wildman–Crippen LogP) is 3.33. The van der Waals surface area contributed by atoms with Crippen molar-refractivity contribution < 1.29 is 9.47 Å². The Balaban J connectivity index is 0.00000338. The van der Waals surface area contributed by atoms with Gasteiger partial charge < -0.3 is 20.1 Å². The Kier molecular flexibility index (Phi) is 11.7. The van der Waals surface area contributed by atoms with E-state index in [0.717, 1.165) is 19.0 Å². The first-order valence-corrected chi connectivity index (χ1v) is 8.44. The van der Waals surface area contributed by atoms with Crippen molar-refractivity contribution in [3.05, 3.63) is 71.3 Å². The predicted molar refractivity (Wildman–Crippen MR) is 117 cm³/mol. The van der Waals surface area contributed by atoms with Crippen LogP contribution in [0.15, 0.2) is 59.6 Å². The van der Waals surface area contributed by atoms with Gasteiger partial charge in [-0.25, -0.2) is 0 Å². The number of ether oxygens (including phenoxy) is 2. The number of benzene rings is 2. The summed E-state index contributed by atoms with van der Waals surface area (Å²) >= 11 is 0. The molecule has 0 aliphatic rings. The minimum atomic E-state index is 0. The smallest absolute Gasteiger partial charge is 0.191 e. The molecule has 0 amide bonds. The molecule has 0 aromatic heterocycles. The van der Waals surface area contributed by atoms with Crippen LogP contribution in [-0.2, 0) is 29.2 Å². The summed E-state index contributed by atoms with van der Waals surface area (Å²) in [5, 5.41) is 6.47. The number of hydrogen-bond donors (Lipinski definition) is 2. The molecule has 6 heteroatoms. The van der Waals surface area contributed by atoms with Gasteiger partial charge in [-0.2, -0.15) is 0 Å². The van der Waals surface area contributed by atoms with Crippen molar-refractivity contribution in [1.82, 2.24) is 10.6 Å². The van der Waals surface area contributed by atoms with Crippen LogP contribution in [0.4, 0.5) is 0 Å². The van der Waals surface area contributed by atoms with Crippen molar-refractivity contribution in [2.75, 3.05) is 27.3 Å². The van der Waals surface area contributed by atoms with Crippen molar-refractivity contribution >= 4 is 29.9 Å². The lowest BCUT2D eigenvalue weighted by Crippen LogP contribution is -2.38. The Hall–Kier alpha value is -1.64. The number of rotatable bonds is 9. The molecule has 26 heavy (non-hydrogen) atoms. The van der Waals surface area contributed by atoms with Crippen LogP contribution in [0.1, 0.15) is 16.7 Å². The van der Waals surface area contributed by atoms with Crippen LogP contribution in [0, 0.1) is 0 Å². The Morgan fingerprint density at radius 1 is 0.885 bits per heavy atom. The number of hydrogen-bond acceptors (Lipinski definition) is 3. The molecule has 0 saturated carbocycles. The van der Waals surface area contributed by atoms with Gasteiger partial charge in [0.25, 0.3) is 0 Å². The first-order valence-electron chi connectivity index (χ1n) is 8.44. The zero-order valence-corrected chi connectivity index (χ0v) is 17.7. The van der Waals surface area contributed by atoms with E-state index in [1.165, 1.54) is 16.7 Å². The third-order valence-electron chi connectivity index (χ3n) is 3.69. The summed E-state index contributed by atoms with van der Waals surface area (Å²) in [4.78, 5) is 4.18. The fraction of sp³-hybridized carbons (Fsp3) is 0.350. The first kappa shape index (κ1) is 22.4. The summed E-state index contributed by atoms with van der Waals surface area (Å²) in [5.74, 6) is 0.771. The first-order chi connectivity index (χ1) is 12.3. The molecule has 2 rings (SSSR count). The van der Waals surface area contributed by atoms with E-state index >= 15 is 0 Å². The molecule has 0 bridgehead atoms. The largest absolute Gasteiger partial charge is 0.383 e. The molecule has 2 N–H and O–H groups in total. The third kappa shape index (κ3) is 8.64. The highest BCUT2D eigenvalue weighted by Crippen LogP contribution is 2.08. The number of halogens is 1. The van der Waals surface area contributed by atoms with E-state index in [9.17, 15) is 0 Å². The van der Waals surface area contributed by atoms with Crippen molar-refractivity contribution in [3.8, 4) is 0 Å². The van der Waals surface area contributed by atoms with Crippen LogP contribution in [0.2, 0.25) is 0 Å². The second-order valence-electron chi connectivity index (χ2n) is 5.64. The van der Waals surface area contributed by atoms with Crippen LogP contribution < -0.4 is 10.6 Å². The van der Waals surface area contributed by atoms with Crippen LogP contribution in [0.5, 0.6) is 0 Å². The molecule has 142 valence electrons. The molecule has 0 unspecified atom stereocenters. The molecular weight excluding hydrogens is 441 g/mol. The van der Waals surface area contributed by atoms with Gasteiger partial charge in [-0.3, -0.25) is 4.99 Å². The highest BCUT2D eigenvalue weighted by Gasteiger charge is 1.99. The number of aliphatic imine (C=N–C) groups is 1. The highest BCUT2D eigenvalue weighted by atomic mass is 127. The summed E-state index contributed by atoms with van der Waals surface area (Å²) in [7, 11) is 3.44. The van der Waals surface area contributed by atoms with Gasteiger partial charge in [-0.1, -0.05) is 54.6 Å². The molecule has 0 atom stereocenters. The van der Waals surface area contributed by atoms with Gasteiger partial charge in [0.1, 0.15) is 0 Å². The SMILES string of the molecule is CN=C(NCCOC)NCc1ccc(COCc2ccccc2)cc1.I. The molecule has 5 nitrogen and oxygen atoms in total. The molecular formula is C20H28IN3O2. The van der Waals surface area contributed by atoms with Gasteiger partial charge in [-0.15, -0.1) is 24.0 Å². The minimum absolute atomic E-state index is 0. The van der Waals surface area contributed by atoms with Crippen LogP contribution in [0.3, 0.4) is 0 Å². The van der Waals surface area contributed by atoms with Crippen LogP contribution in [-0.4, -0.2) is 33.3 Å². The van der Waals surface area contributed by atoms with Crippen molar-refractivity contribution in [1.29, 1.82) is 0 Å². The van der Waals surface area contributed by atoms with Gasteiger partial charge in [0.15, 0.2) is 5.96 Å². The van der Waals surface area contributed by atoms with Gasteiger partial charge >= 0.3 is 0 Å². The molecule has 0 spiro atoms. The fourth-order valence-corrected chi connectivity index (χ4v) is 2.29. The zero-order chi connectivity index (χ0) is 17.7. The quantitative estimate of drug-likeness (QED) is 0.256. The molecule has 0 aliphatic carbocycles. The molecule has 0 saturated heterocycles. The minimum Gasteiger partial charge on any atom is -0.383 e. The van der Waals surface area contributed by atoms with Gasteiger partial charge in [-0.05, 0) is 16.7 Å². The van der Waals surface area contributed by atoms with E-state index < -0.39 is 0 Å². The zero-order valence-electron chi connectivity index (χ0n) is 15.4. The Morgan fingerprint density at radius 2 is 1.50 bits per heavy atom. The molecule has 0 heterocycles. The third-order valence-corrected chi connectivity index (χ3v) is 3.69. The second kappa shape index (κ2) is 13.5. The van der Waals surface area contributed by atoms with Crippen molar-refractivity contribution in [2.45, 2.75) is 19.8 Å². The number of nitrogens with one attached hydrogen (secondary N) is 2. The summed E-state index contributed by atoms with van der Waals surface area (Å²) in [6.07, 6.45) is 0. The number of nitrogens with zero attached hydrogens (tertiary/aromatic N) is 1.